The van der Waals surface area contributed by atoms with Gasteiger partial charge in [0.15, 0.2) is 5.69 Å². The summed E-state index contributed by atoms with van der Waals surface area (Å²) in [7, 11) is -4.01. The van der Waals surface area contributed by atoms with Crippen LogP contribution in [-0.2, 0) is 16.6 Å². The van der Waals surface area contributed by atoms with Crippen molar-refractivity contribution < 1.29 is 13.3 Å². The van der Waals surface area contributed by atoms with Gasteiger partial charge >= 0.3 is 0 Å². The molecule has 1 heterocycles. The number of primary sulfonamides is 1. The maximum atomic E-state index is 11.2. The van der Waals surface area contributed by atoms with Crippen LogP contribution in [0.15, 0.2) is 51.7 Å². The van der Waals surface area contributed by atoms with Crippen molar-refractivity contribution in [2.45, 2.75) is 11.4 Å². The van der Waals surface area contributed by atoms with Crippen LogP contribution in [0.5, 0.6) is 0 Å². The number of nitrogens with one attached hydrogen (secondary N) is 1. The van der Waals surface area contributed by atoms with Crippen molar-refractivity contribution in [1.29, 1.82) is 0 Å². The summed E-state index contributed by atoms with van der Waals surface area (Å²) in [6.07, 6.45) is 1.72. The minimum absolute atomic E-state index is 0.0426. The smallest absolute Gasteiger partial charge is 0.298 e. The number of azo groups is 1. The third-order valence-corrected chi connectivity index (χ3v) is 3.46. The fraction of sp³-hybridized carbons (Fsp3) is 0.0909. The van der Waals surface area contributed by atoms with E-state index in [-0.39, 0.29) is 17.1 Å². The predicted octanol–water partition coefficient (Wildman–Crippen LogP) is 1.85. The van der Waals surface area contributed by atoms with Crippen LogP contribution >= 0.6 is 0 Å². The number of nitrogens with zero attached hydrogens (tertiary/aromatic N) is 3. The predicted molar refractivity (Wildman–Crippen MR) is 73.5 cm³/mol. The second-order valence-corrected chi connectivity index (χ2v) is 5.61. The number of H-pyrrole nitrogens is 1. The van der Waals surface area contributed by atoms with Gasteiger partial charge in [-0.05, 0) is 24.3 Å². The van der Waals surface area contributed by atoms with E-state index in [1.165, 1.54) is 6.07 Å². The van der Waals surface area contributed by atoms with Crippen molar-refractivity contribution in [3.63, 3.8) is 0 Å². The minimum atomic E-state index is -4.01. The van der Waals surface area contributed by atoms with E-state index in [0.29, 0.717) is 0 Å². The zero-order valence-electron chi connectivity index (χ0n) is 10.6. The Morgan fingerprint density at radius 2 is 2.10 bits per heavy atom. The van der Waals surface area contributed by atoms with Crippen LogP contribution in [-0.4, -0.2) is 18.3 Å². The van der Waals surface area contributed by atoms with Gasteiger partial charge in [0.2, 0.25) is 10.0 Å². The molecule has 0 saturated heterocycles. The number of nitro benzene ring substituents is 1. The van der Waals surface area contributed by atoms with Gasteiger partial charge in [0.1, 0.15) is 6.54 Å². The third kappa shape index (κ3) is 3.70. The van der Waals surface area contributed by atoms with Gasteiger partial charge in [0.25, 0.3) is 5.69 Å². The first kappa shape index (κ1) is 14.8. The molecule has 0 unspecified atom stereocenters. The van der Waals surface area contributed by atoms with Crippen LogP contribution in [0.1, 0.15) is 5.69 Å². The van der Waals surface area contributed by atoms with Gasteiger partial charge < -0.3 is 4.98 Å². The highest BCUT2D eigenvalue weighted by Gasteiger charge is 2.18. The first-order valence-corrected chi connectivity index (χ1v) is 7.23. The van der Waals surface area contributed by atoms with Crippen LogP contribution in [0, 0.1) is 10.1 Å². The van der Waals surface area contributed by atoms with Crippen molar-refractivity contribution in [1.82, 2.24) is 4.98 Å². The number of aromatic nitrogens is 1. The first-order valence-electron chi connectivity index (χ1n) is 5.69. The van der Waals surface area contributed by atoms with Gasteiger partial charge in [0.05, 0.1) is 9.82 Å². The molecule has 0 aliphatic heterocycles. The Labute approximate surface area is 119 Å². The summed E-state index contributed by atoms with van der Waals surface area (Å²) in [6, 6.07) is 6.77. The Bertz CT molecular complexity index is 783. The molecule has 1 aromatic heterocycles. The number of hydrogen-bond acceptors (Lipinski definition) is 6. The summed E-state index contributed by atoms with van der Waals surface area (Å²) in [4.78, 5) is 12.8. The molecule has 10 heteroatoms. The van der Waals surface area contributed by atoms with Gasteiger partial charge in [-0.3, -0.25) is 10.1 Å². The summed E-state index contributed by atoms with van der Waals surface area (Å²) in [5, 5.41) is 23.5. The van der Waals surface area contributed by atoms with Gasteiger partial charge in [-0.1, -0.05) is 0 Å². The van der Waals surface area contributed by atoms with Gasteiger partial charge in [-0.15, -0.1) is 5.11 Å². The highest BCUT2D eigenvalue weighted by atomic mass is 32.2. The van der Waals surface area contributed by atoms with Crippen molar-refractivity contribution >= 4 is 21.4 Å². The maximum Gasteiger partial charge on any atom is 0.298 e. The Kier molecular flexibility index (Phi) is 4.10. The fourth-order valence-electron chi connectivity index (χ4n) is 1.56. The lowest BCUT2D eigenvalue weighted by Gasteiger charge is -2.00. The monoisotopic (exact) mass is 309 g/mol. The van der Waals surface area contributed by atoms with Crippen LogP contribution in [0.2, 0.25) is 0 Å². The molecule has 2 aromatic rings. The van der Waals surface area contributed by atoms with Crippen LogP contribution in [0.4, 0.5) is 11.4 Å². The molecule has 0 aliphatic rings. The Morgan fingerprint density at radius 3 is 2.67 bits per heavy atom. The number of benzene rings is 1. The lowest BCUT2D eigenvalue weighted by Crippen LogP contribution is -2.12. The molecule has 0 atom stereocenters. The summed E-state index contributed by atoms with van der Waals surface area (Å²) in [5.41, 5.74) is 0.276. The molecule has 1 aromatic carbocycles. The molecule has 2 rings (SSSR count). The molecule has 0 spiro atoms. The molecule has 3 N–H and O–H groups in total. The van der Waals surface area contributed by atoms with Crippen molar-refractivity contribution in [3.8, 4) is 0 Å². The second-order valence-electron chi connectivity index (χ2n) is 4.05. The maximum absolute atomic E-state index is 11.2. The van der Waals surface area contributed by atoms with Crippen molar-refractivity contribution in [3.05, 3.63) is 52.3 Å². The third-order valence-electron chi connectivity index (χ3n) is 2.55. The highest BCUT2D eigenvalue weighted by molar-refractivity contribution is 7.89. The van der Waals surface area contributed by atoms with Gasteiger partial charge in [-0.2, -0.15) is 5.11 Å². The molecular weight excluding hydrogens is 298 g/mol. The zero-order valence-corrected chi connectivity index (χ0v) is 11.4. The molecule has 0 aliphatic carbocycles. The Morgan fingerprint density at radius 1 is 1.33 bits per heavy atom. The van der Waals surface area contributed by atoms with Gasteiger partial charge in [0, 0.05) is 18.0 Å². The number of sulfonamides is 1. The van der Waals surface area contributed by atoms with Crippen LogP contribution < -0.4 is 5.14 Å². The van der Waals surface area contributed by atoms with E-state index in [1.807, 2.05) is 0 Å². The van der Waals surface area contributed by atoms with E-state index in [4.69, 9.17) is 5.14 Å². The molecular formula is C11H11N5O4S. The van der Waals surface area contributed by atoms with Crippen LogP contribution in [0.3, 0.4) is 0 Å². The average Bonchev–Trinajstić information content (AvgIpc) is 2.90. The highest BCUT2D eigenvalue weighted by Crippen LogP contribution is 2.30. The molecule has 0 fully saturated rings. The molecule has 21 heavy (non-hydrogen) atoms. The van der Waals surface area contributed by atoms with Gasteiger partial charge in [-0.25, -0.2) is 13.6 Å². The molecule has 0 amide bonds. The van der Waals surface area contributed by atoms with E-state index < -0.39 is 20.6 Å². The average molecular weight is 309 g/mol. The summed E-state index contributed by atoms with van der Waals surface area (Å²) in [5.74, 6) is 0. The second kappa shape index (κ2) is 5.81. The first-order chi connectivity index (χ1) is 9.88. The van der Waals surface area contributed by atoms with Crippen molar-refractivity contribution in [2.24, 2.45) is 15.4 Å². The largest absolute Gasteiger partial charge is 0.363 e. The zero-order chi connectivity index (χ0) is 15.5. The van der Waals surface area contributed by atoms with E-state index >= 15 is 0 Å². The summed E-state index contributed by atoms with van der Waals surface area (Å²) < 4.78 is 22.4. The molecule has 0 bridgehead atoms. The molecule has 9 nitrogen and oxygen atoms in total. The number of nitrogens with two attached hydrogens (primary N) is 1. The molecule has 110 valence electrons. The number of hydrogen-bond donors (Lipinski definition) is 2. The SMILES string of the molecule is NS(=O)(=O)c1ccc(N=NCc2ccc[nH]2)c([N+](=O)[O-])c1. The Balaban J connectivity index is 2.31. The Hall–Kier alpha value is -2.59. The standard InChI is InChI=1S/C11H11N5O4S/c12-21(19,20)9-3-4-10(11(6-9)16(17)18)15-14-7-8-2-1-5-13-8/h1-6,13H,7H2,(H2,12,19,20). The minimum Gasteiger partial charge on any atom is -0.363 e. The number of aromatic amines is 1. The quantitative estimate of drug-likeness (QED) is 0.493. The van der Waals surface area contributed by atoms with E-state index in [9.17, 15) is 18.5 Å². The lowest BCUT2D eigenvalue weighted by atomic mass is 10.3. The summed E-state index contributed by atoms with van der Waals surface area (Å²) in [6.45, 7) is 0.223. The van der Waals surface area contributed by atoms with E-state index in [1.54, 1.807) is 18.3 Å². The normalized spacial score (nSPS) is 11.9. The topological polar surface area (TPSA) is 144 Å². The van der Waals surface area contributed by atoms with Crippen LogP contribution in [0.25, 0.3) is 0 Å². The van der Waals surface area contributed by atoms with Crippen molar-refractivity contribution in [2.75, 3.05) is 0 Å². The molecule has 0 radical (unpaired) electrons. The van der Waals surface area contributed by atoms with E-state index in [2.05, 4.69) is 15.2 Å². The number of nitro groups is 1. The molecule has 0 saturated carbocycles. The lowest BCUT2D eigenvalue weighted by molar-refractivity contribution is -0.384. The fourth-order valence-corrected chi connectivity index (χ4v) is 2.10. The number of rotatable bonds is 5. The summed E-state index contributed by atoms with van der Waals surface area (Å²) >= 11 is 0. The van der Waals surface area contributed by atoms with E-state index in [0.717, 1.165) is 17.8 Å².